The first kappa shape index (κ1) is 12.6. The Kier molecular flexibility index (Phi) is 3.48. The standard InChI is InChI=1S/C17H18ClN/c1-12-16(18)7-4-8-17(12)19-15-10-9-13-5-2-3-6-14(13)11-15/h2-8,15,19H,9-11H2,1H3. The summed E-state index contributed by atoms with van der Waals surface area (Å²) in [4.78, 5) is 0. The van der Waals surface area contributed by atoms with E-state index in [1.54, 1.807) is 0 Å². The number of halogens is 1. The van der Waals surface area contributed by atoms with Crippen LogP contribution in [0.1, 0.15) is 23.1 Å². The molecule has 0 fully saturated rings. The predicted molar refractivity (Wildman–Crippen MR) is 82.1 cm³/mol. The summed E-state index contributed by atoms with van der Waals surface area (Å²) in [5, 5.41) is 4.48. The summed E-state index contributed by atoms with van der Waals surface area (Å²) in [5.41, 5.74) is 5.29. The minimum absolute atomic E-state index is 0.507. The summed E-state index contributed by atoms with van der Waals surface area (Å²) in [6.07, 6.45) is 3.44. The molecule has 0 saturated carbocycles. The fourth-order valence-electron chi connectivity index (χ4n) is 2.80. The molecule has 1 N–H and O–H groups in total. The van der Waals surface area contributed by atoms with Crippen molar-refractivity contribution >= 4 is 17.3 Å². The Morgan fingerprint density at radius 3 is 2.68 bits per heavy atom. The van der Waals surface area contributed by atoms with Crippen molar-refractivity contribution in [1.29, 1.82) is 0 Å². The molecule has 1 aliphatic rings. The summed E-state index contributed by atoms with van der Waals surface area (Å²) in [7, 11) is 0. The number of anilines is 1. The Morgan fingerprint density at radius 2 is 1.84 bits per heavy atom. The lowest BCUT2D eigenvalue weighted by Crippen LogP contribution is -2.27. The third kappa shape index (κ3) is 2.62. The molecule has 0 aliphatic heterocycles. The topological polar surface area (TPSA) is 12.0 Å². The fourth-order valence-corrected chi connectivity index (χ4v) is 2.98. The van der Waals surface area contributed by atoms with Gasteiger partial charge in [-0.25, -0.2) is 0 Å². The van der Waals surface area contributed by atoms with Crippen LogP contribution in [0.15, 0.2) is 42.5 Å². The molecule has 0 radical (unpaired) electrons. The minimum Gasteiger partial charge on any atom is -0.382 e. The van der Waals surface area contributed by atoms with Crippen LogP contribution in [0.3, 0.4) is 0 Å². The van der Waals surface area contributed by atoms with E-state index in [4.69, 9.17) is 11.6 Å². The van der Waals surface area contributed by atoms with Crippen LogP contribution in [0.4, 0.5) is 5.69 Å². The first-order chi connectivity index (χ1) is 9.24. The molecule has 1 atom stereocenters. The van der Waals surface area contributed by atoms with Gasteiger partial charge >= 0.3 is 0 Å². The normalized spacial score (nSPS) is 17.9. The van der Waals surface area contributed by atoms with Crippen LogP contribution in [0, 0.1) is 6.92 Å². The molecule has 2 heteroatoms. The molecule has 98 valence electrons. The number of fused-ring (bicyclic) bond motifs is 1. The Morgan fingerprint density at radius 1 is 1.05 bits per heavy atom. The Bertz CT molecular complexity index is 592. The summed E-state index contributed by atoms with van der Waals surface area (Å²) < 4.78 is 0. The lowest BCUT2D eigenvalue weighted by atomic mass is 9.88. The van der Waals surface area contributed by atoms with E-state index >= 15 is 0 Å². The van der Waals surface area contributed by atoms with Gasteiger partial charge in [0.25, 0.3) is 0 Å². The molecule has 2 aromatic rings. The molecular formula is C17H18ClN. The molecule has 3 rings (SSSR count). The molecule has 0 heterocycles. The number of rotatable bonds is 2. The fraction of sp³-hybridized carbons (Fsp3) is 0.294. The Hall–Kier alpha value is -1.47. The highest BCUT2D eigenvalue weighted by Gasteiger charge is 2.18. The maximum absolute atomic E-state index is 6.17. The van der Waals surface area contributed by atoms with Gasteiger partial charge in [-0.1, -0.05) is 41.9 Å². The zero-order valence-electron chi connectivity index (χ0n) is 11.1. The zero-order valence-corrected chi connectivity index (χ0v) is 11.9. The molecule has 0 bridgehead atoms. The zero-order chi connectivity index (χ0) is 13.2. The number of benzene rings is 2. The summed E-state index contributed by atoms with van der Waals surface area (Å²) in [6.45, 7) is 2.07. The summed E-state index contributed by atoms with van der Waals surface area (Å²) in [5.74, 6) is 0. The van der Waals surface area contributed by atoms with Crippen molar-refractivity contribution in [2.45, 2.75) is 32.2 Å². The maximum atomic E-state index is 6.17. The second-order valence-electron chi connectivity index (χ2n) is 5.27. The Labute approximate surface area is 119 Å². The highest BCUT2D eigenvalue weighted by atomic mass is 35.5. The molecule has 1 nitrogen and oxygen atoms in total. The van der Waals surface area contributed by atoms with Crippen LogP contribution in [0.5, 0.6) is 0 Å². The van der Waals surface area contributed by atoms with Gasteiger partial charge in [0.2, 0.25) is 0 Å². The van der Waals surface area contributed by atoms with Crippen molar-refractivity contribution < 1.29 is 0 Å². The molecule has 0 amide bonds. The number of hydrogen-bond acceptors (Lipinski definition) is 1. The molecule has 1 aliphatic carbocycles. The van der Waals surface area contributed by atoms with Crippen molar-refractivity contribution in [3.63, 3.8) is 0 Å². The second-order valence-corrected chi connectivity index (χ2v) is 5.67. The number of hydrogen-bond donors (Lipinski definition) is 1. The van der Waals surface area contributed by atoms with Crippen molar-refractivity contribution in [1.82, 2.24) is 0 Å². The quantitative estimate of drug-likeness (QED) is 0.841. The molecule has 19 heavy (non-hydrogen) atoms. The van der Waals surface area contributed by atoms with Crippen molar-refractivity contribution in [2.75, 3.05) is 5.32 Å². The SMILES string of the molecule is Cc1c(Cl)cccc1NC1CCc2ccccc2C1. The highest BCUT2D eigenvalue weighted by molar-refractivity contribution is 6.31. The van der Waals surface area contributed by atoms with Crippen LogP contribution < -0.4 is 5.32 Å². The van der Waals surface area contributed by atoms with E-state index in [0.29, 0.717) is 6.04 Å². The molecule has 0 aromatic heterocycles. The van der Waals surface area contributed by atoms with Gasteiger partial charge in [-0.15, -0.1) is 0 Å². The van der Waals surface area contributed by atoms with Gasteiger partial charge in [0.1, 0.15) is 0 Å². The van der Waals surface area contributed by atoms with Gasteiger partial charge in [-0.3, -0.25) is 0 Å². The average molecular weight is 272 g/mol. The first-order valence-electron chi connectivity index (χ1n) is 6.82. The third-order valence-electron chi connectivity index (χ3n) is 3.97. The molecule has 0 saturated heterocycles. The molecular weight excluding hydrogens is 254 g/mol. The van der Waals surface area contributed by atoms with Gasteiger partial charge in [-0.2, -0.15) is 0 Å². The van der Waals surface area contributed by atoms with E-state index in [2.05, 4.69) is 42.6 Å². The van der Waals surface area contributed by atoms with Crippen LogP contribution in [0.25, 0.3) is 0 Å². The number of nitrogens with one attached hydrogen (secondary N) is 1. The molecule has 1 unspecified atom stereocenters. The second kappa shape index (κ2) is 5.26. The Balaban J connectivity index is 1.77. The van der Waals surface area contributed by atoms with Gasteiger partial charge in [0.15, 0.2) is 0 Å². The van der Waals surface area contributed by atoms with Crippen LogP contribution in [-0.2, 0) is 12.8 Å². The van der Waals surface area contributed by atoms with Gasteiger partial charge in [0, 0.05) is 16.8 Å². The van der Waals surface area contributed by atoms with E-state index in [9.17, 15) is 0 Å². The highest BCUT2D eigenvalue weighted by Crippen LogP contribution is 2.27. The van der Waals surface area contributed by atoms with Crippen LogP contribution in [-0.4, -0.2) is 6.04 Å². The van der Waals surface area contributed by atoms with Gasteiger partial charge < -0.3 is 5.32 Å². The maximum Gasteiger partial charge on any atom is 0.0455 e. The van der Waals surface area contributed by atoms with E-state index < -0.39 is 0 Å². The van der Waals surface area contributed by atoms with E-state index in [1.165, 1.54) is 17.5 Å². The first-order valence-corrected chi connectivity index (χ1v) is 7.20. The smallest absolute Gasteiger partial charge is 0.0455 e. The van der Waals surface area contributed by atoms with E-state index in [1.807, 2.05) is 12.1 Å². The minimum atomic E-state index is 0.507. The summed E-state index contributed by atoms with van der Waals surface area (Å²) >= 11 is 6.17. The summed E-state index contributed by atoms with van der Waals surface area (Å²) in [6, 6.07) is 15.3. The van der Waals surface area contributed by atoms with Crippen LogP contribution in [0.2, 0.25) is 5.02 Å². The lowest BCUT2D eigenvalue weighted by Gasteiger charge is -2.27. The predicted octanol–water partition coefficient (Wildman–Crippen LogP) is 4.62. The van der Waals surface area contributed by atoms with E-state index in [-0.39, 0.29) is 0 Å². The molecule has 2 aromatic carbocycles. The number of aryl methyl sites for hydroxylation is 1. The van der Waals surface area contributed by atoms with E-state index in [0.717, 1.165) is 29.1 Å². The average Bonchev–Trinajstić information content (AvgIpc) is 2.44. The largest absolute Gasteiger partial charge is 0.382 e. The van der Waals surface area contributed by atoms with Gasteiger partial charge in [0.05, 0.1) is 0 Å². The lowest BCUT2D eigenvalue weighted by molar-refractivity contribution is 0.610. The van der Waals surface area contributed by atoms with Crippen molar-refractivity contribution in [2.24, 2.45) is 0 Å². The molecule has 0 spiro atoms. The van der Waals surface area contributed by atoms with Crippen molar-refractivity contribution in [3.8, 4) is 0 Å². The van der Waals surface area contributed by atoms with Crippen molar-refractivity contribution in [3.05, 3.63) is 64.2 Å². The van der Waals surface area contributed by atoms with Crippen LogP contribution >= 0.6 is 11.6 Å². The third-order valence-corrected chi connectivity index (χ3v) is 4.38. The van der Waals surface area contributed by atoms with Gasteiger partial charge in [-0.05, 0) is 55.0 Å². The monoisotopic (exact) mass is 271 g/mol.